The molecule has 0 bridgehead atoms. The van der Waals surface area contributed by atoms with Crippen LogP contribution in [-0.2, 0) is 14.3 Å². The standard InChI is InChI=1S/C16H19F3O3/c1-3-14(22-12(20)16(17,18)19)7-6-13-5-4-9-10(8-11(13)14)15(9,13)21-2/h4-5,9-11H,3,6-8H2,1-2H3/t9?,10?,11?,13?,14-,15-/m1/s1. The molecule has 6 atom stereocenters. The molecule has 0 amide bonds. The van der Waals surface area contributed by atoms with Crippen LogP contribution in [-0.4, -0.2) is 30.5 Å². The Bertz CT molecular complexity index is 571. The Morgan fingerprint density at radius 3 is 2.68 bits per heavy atom. The van der Waals surface area contributed by atoms with Crippen LogP contribution in [0, 0.1) is 23.2 Å². The van der Waals surface area contributed by atoms with Crippen LogP contribution in [0.3, 0.4) is 0 Å². The lowest BCUT2D eigenvalue weighted by Gasteiger charge is -2.40. The molecule has 0 N–H and O–H groups in total. The first kappa shape index (κ1) is 14.5. The van der Waals surface area contributed by atoms with Crippen molar-refractivity contribution in [2.75, 3.05) is 7.11 Å². The summed E-state index contributed by atoms with van der Waals surface area (Å²) in [5.74, 6) is -1.38. The van der Waals surface area contributed by atoms with Crippen molar-refractivity contribution in [1.82, 2.24) is 0 Å². The number of hydrogen-bond acceptors (Lipinski definition) is 3. The molecule has 1 spiro atoms. The van der Waals surface area contributed by atoms with Crippen LogP contribution in [0.15, 0.2) is 12.2 Å². The Balaban J connectivity index is 1.68. The SMILES string of the molecule is CC[C@@]1(OC(=O)C(F)(F)F)CCC23C=CC4C(CC21)[C@]43OC. The predicted molar refractivity (Wildman–Crippen MR) is 70.8 cm³/mol. The third-order valence-corrected chi connectivity index (χ3v) is 6.87. The predicted octanol–water partition coefficient (Wildman–Crippen LogP) is 3.24. The molecule has 0 aliphatic heterocycles. The summed E-state index contributed by atoms with van der Waals surface area (Å²) in [5, 5.41) is 0. The van der Waals surface area contributed by atoms with Crippen molar-refractivity contribution in [1.29, 1.82) is 0 Å². The molecule has 4 aliphatic carbocycles. The molecule has 6 heteroatoms. The molecule has 4 aliphatic rings. The van der Waals surface area contributed by atoms with Gasteiger partial charge in [0.1, 0.15) is 5.60 Å². The molecular weight excluding hydrogens is 297 g/mol. The fraction of sp³-hybridized carbons (Fsp3) is 0.812. The normalized spacial score (nSPS) is 50.9. The van der Waals surface area contributed by atoms with Crippen molar-refractivity contribution in [3.05, 3.63) is 12.2 Å². The number of rotatable bonds is 3. The molecule has 0 heterocycles. The van der Waals surface area contributed by atoms with Gasteiger partial charge in [0, 0.05) is 24.4 Å². The van der Waals surface area contributed by atoms with E-state index in [0.29, 0.717) is 24.7 Å². The second-order valence-electron chi connectivity index (χ2n) is 7.12. The second kappa shape index (κ2) is 3.89. The first-order chi connectivity index (χ1) is 10.3. The summed E-state index contributed by atoms with van der Waals surface area (Å²) in [5.41, 5.74) is -1.51. The Labute approximate surface area is 126 Å². The van der Waals surface area contributed by atoms with E-state index in [-0.39, 0.29) is 16.9 Å². The third kappa shape index (κ3) is 1.32. The number of carbonyl (C=O) groups is 1. The number of halogens is 3. The molecule has 3 fully saturated rings. The van der Waals surface area contributed by atoms with Crippen molar-refractivity contribution in [2.24, 2.45) is 23.2 Å². The number of alkyl halides is 3. The van der Waals surface area contributed by atoms with Gasteiger partial charge in [-0.25, -0.2) is 4.79 Å². The molecule has 4 rings (SSSR count). The molecule has 0 saturated heterocycles. The summed E-state index contributed by atoms with van der Waals surface area (Å²) in [6.07, 6.45) is 1.75. The smallest absolute Gasteiger partial charge is 0.452 e. The molecule has 3 nitrogen and oxygen atoms in total. The summed E-state index contributed by atoms with van der Waals surface area (Å²) in [7, 11) is 1.69. The van der Waals surface area contributed by atoms with Gasteiger partial charge in [-0.15, -0.1) is 0 Å². The lowest BCUT2D eigenvalue weighted by Crippen LogP contribution is -2.47. The zero-order chi connectivity index (χ0) is 16.0. The molecular formula is C16H19F3O3. The van der Waals surface area contributed by atoms with Gasteiger partial charge < -0.3 is 9.47 Å². The summed E-state index contributed by atoms with van der Waals surface area (Å²) in [6.45, 7) is 1.81. The number of carbonyl (C=O) groups excluding carboxylic acids is 1. The highest BCUT2D eigenvalue weighted by molar-refractivity contribution is 5.76. The van der Waals surface area contributed by atoms with Gasteiger partial charge in [0.2, 0.25) is 0 Å². The number of fused-ring (bicyclic) bond motifs is 1. The van der Waals surface area contributed by atoms with Gasteiger partial charge >= 0.3 is 12.1 Å². The zero-order valence-electron chi connectivity index (χ0n) is 12.6. The summed E-state index contributed by atoms with van der Waals surface area (Å²) >= 11 is 0. The molecule has 4 unspecified atom stereocenters. The van der Waals surface area contributed by atoms with Gasteiger partial charge in [-0.3, -0.25) is 0 Å². The first-order valence-electron chi connectivity index (χ1n) is 7.82. The minimum Gasteiger partial charge on any atom is -0.452 e. The quantitative estimate of drug-likeness (QED) is 0.592. The van der Waals surface area contributed by atoms with Gasteiger partial charge in [-0.05, 0) is 31.6 Å². The van der Waals surface area contributed by atoms with Gasteiger partial charge in [-0.2, -0.15) is 13.2 Å². The second-order valence-corrected chi connectivity index (χ2v) is 7.12. The van der Waals surface area contributed by atoms with E-state index < -0.39 is 17.7 Å². The van der Waals surface area contributed by atoms with E-state index in [9.17, 15) is 18.0 Å². The van der Waals surface area contributed by atoms with Crippen molar-refractivity contribution in [3.8, 4) is 0 Å². The lowest BCUT2D eigenvalue weighted by atomic mass is 9.72. The van der Waals surface area contributed by atoms with Gasteiger partial charge in [0.15, 0.2) is 0 Å². The van der Waals surface area contributed by atoms with E-state index in [0.717, 1.165) is 12.8 Å². The van der Waals surface area contributed by atoms with E-state index in [4.69, 9.17) is 9.47 Å². The van der Waals surface area contributed by atoms with Crippen LogP contribution in [0.25, 0.3) is 0 Å². The van der Waals surface area contributed by atoms with Crippen LogP contribution in [0.1, 0.15) is 32.6 Å². The minimum absolute atomic E-state index is 0.0729. The van der Waals surface area contributed by atoms with Crippen molar-refractivity contribution < 1.29 is 27.4 Å². The maximum absolute atomic E-state index is 12.7. The highest BCUT2D eigenvalue weighted by atomic mass is 19.4. The molecule has 0 aromatic heterocycles. The van der Waals surface area contributed by atoms with Gasteiger partial charge in [0.05, 0.1) is 5.60 Å². The number of methoxy groups -OCH3 is 1. The van der Waals surface area contributed by atoms with Crippen molar-refractivity contribution >= 4 is 5.97 Å². The highest BCUT2D eigenvalue weighted by Gasteiger charge is 2.86. The molecule has 22 heavy (non-hydrogen) atoms. The van der Waals surface area contributed by atoms with Gasteiger partial charge in [-0.1, -0.05) is 19.1 Å². The maximum atomic E-state index is 12.7. The van der Waals surface area contributed by atoms with Crippen LogP contribution in [0.5, 0.6) is 0 Å². The van der Waals surface area contributed by atoms with E-state index in [1.54, 1.807) is 7.11 Å². The Kier molecular flexibility index (Phi) is 2.57. The van der Waals surface area contributed by atoms with E-state index in [1.807, 2.05) is 6.92 Å². The zero-order valence-corrected chi connectivity index (χ0v) is 12.6. The Morgan fingerprint density at radius 1 is 1.36 bits per heavy atom. The highest BCUT2D eigenvalue weighted by Crippen LogP contribution is 2.83. The molecule has 0 radical (unpaired) electrons. The Hall–Kier alpha value is -1.04. The third-order valence-electron chi connectivity index (χ3n) is 6.87. The summed E-state index contributed by atoms with van der Waals surface area (Å²) in [6, 6.07) is 0. The monoisotopic (exact) mass is 316 g/mol. The van der Waals surface area contributed by atoms with E-state index in [2.05, 4.69) is 12.2 Å². The maximum Gasteiger partial charge on any atom is 0.490 e. The first-order valence-corrected chi connectivity index (χ1v) is 7.82. The number of hydrogen-bond donors (Lipinski definition) is 0. The fourth-order valence-electron chi connectivity index (χ4n) is 6.04. The van der Waals surface area contributed by atoms with Crippen molar-refractivity contribution in [2.45, 2.75) is 50.0 Å². The average Bonchev–Trinajstić information content (AvgIpc) is 2.71. The molecule has 0 aromatic rings. The lowest BCUT2D eigenvalue weighted by molar-refractivity contribution is -0.219. The molecule has 3 saturated carbocycles. The van der Waals surface area contributed by atoms with Crippen LogP contribution >= 0.6 is 0 Å². The summed E-state index contributed by atoms with van der Waals surface area (Å²) in [4.78, 5) is 11.4. The van der Waals surface area contributed by atoms with Crippen LogP contribution in [0.2, 0.25) is 0 Å². The molecule has 0 aromatic carbocycles. The average molecular weight is 316 g/mol. The van der Waals surface area contributed by atoms with E-state index >= 15 is 0 Å². The van der Waals surface area contributed by atoms with Gasteiger partial charge in [0.25, 0.3) is 0 Å². The topological polar surface area (TPSA) is 35.5 Å². The fourth-order valence-corrected chi connectivity index (χ4v) is 6.04. The van der Waals surface area contributed by atoms with Crippen molar-refractivity contribution in [3.63, 3.8) is 0 Å². The summed E-state index contributed by atoms with van der Waals surface area (Å²) < 4.78 is 48.9. The molecule has 122 valence electrons. The van der Waals surface area contributed by atoms with Crippen LogP contribution in [0.4, 0.5) is 13.2 Å². The minimum atomic E-state index is -4.94. The largest absolute Gasteiger partial charge is 0.490 e. The number of esters is 1. The van der Waals surface area contributed by atoms with E-state index in [1.165, 1.54) is 0 Å². The Morgan fingerprint density at radius 2 is 2.09 bits per heavy atom. The number of ether oxygens (including phenoxy) is 2. The van der Waals surface area contributed by atoms with Crippen LogP contribution < -0.4 is 0 Å².